The van der Waals surface area contributed by atoms with Gasteiger partial charge in [0.2, 0.25) is 0 Å². The van der Waals surface area contributed by atoms with Crippen LogP contribution in [0, 0.1) is 5.41 Å². The Balaban J connectivity index is 1.98. The van der Waals surface area contributed by atoms with Gasteiger partial charge in [-0.15, -0.1) is 11.3 Å². The molecule has 0 spiro atoms. The Labute approximate surface area is 107 Å². The van der Waals surface area contributed by atoms with Crippen molar-refractivity contribution in [1.82, 2.24) is 4.90 Å². The molecular weight excluding hydrogens is 234 g/mol. The minimum atomic E-state index is -0.0553. The lowest BCUT2D eigenvalue weighted by atomic mass is 9.87. The van der Waals surface area contributed by atoms with Gasteiger partial charge >= 0.3 is 0 Å². The van der Waals surface area contributed by atoms with E-state index < -0.39 is 0 Å². The Hall–Kier alpha value is -0.420. The van der Waals surface area contributed by atoms with E-state index in [0.29, 0.717) is 12.6 Å². The SMILES string of the molecule is CC(c1cccs1)N(C)CC1(CO)CCOC1. The third-order valence-corrected chi connectivity index (χ3v) is 4.76. The van der Waals surface area contributed by atoms with Crippen LogP contribution in [0.15, 0.2) is 17.5 Å². The van der Waals surface area contributed by atoms with Gasteiger partial charge < -0.3 is 9.84 Å². The van der Waals surface area contributed by atoms with Crippen LogP contribution >= 0.6 is 11.3 Å². The topological polar surface area (TPSA) is 32.7 Å². The van der Waals surface area contributed by atoms with Crippen LogP contribution in [0.4, 0.5) is 0 Å². The van der Waals surface area contributed by atoms with Crippen molar-refractivity contribution < 1.29 is 9.84 Å². The number of nitrogens with zero attached hydrogens (tertiary/aromatic N) is 1. The fourth-order valence-corrected chi connectivity index (χ4v) is 3.21. The van der Waals surface area contributed by atoms with Gasteiger partial charge in [0.1, 0.15) is 0 Å². The van der Waals surface area contributed by atoms with Gasteiger partial charge in [-0.3, -0.25) is 4.90 Å². The smallest absolute Gasteiger partial charge is 0.0557 e. The molecule has 0 saturated carbocycles. The minimum absolute atomic E-state index is 0.0553. The van der Waals surface area contributed by atoms with Crippen molar-refractivity contribution in [3.8, 4) is 0 Å². The van der Waals surface area contributed by atoms with E-state index in [9.17, 15) is 5.11 Å². The van der Waals surface area contributed by atoms with Crippen molar-refractivity contribution in [2.45, 2.75) is 19.4 Å². The first-order chi connectivity index (χ1) is 8.17. The lowest BCUT2D eigenvalue weighted by Gasteiger charge is -2.33. The molecule has 1 aromatic heterocycles. The van der Waals surface area contributed by atoms with Crippen molar-refractivity contribution in [3.63, 3.8) is 0 Å². The van der Waals surface area contributed by atoms with Crippen LogP contribution in [-0.4, -0.2) is 43.4 Å². The van der Waals surface area contributed by atoms with Gasteiger partial charge in [0.15, 0.2) is 0 Å². The molecule has 1 aromatic rings. The number of thiophene rings is 1. The zero-order valence-corrected chi connectivity index (χ0v) is 11.4. The average Bonchev–Trinajstić information content (AvgIpc) is 2.99. The van der Waals surface area contributed by atoms with Gasteiger partial charge in [-0.05, 0) is 31.8 Å². The Morgan fingerprint density at radius 3 is 3.00 bits per heavy atom. The first-order valence-corrected chi connectivity index (χ1v) is 6.97. The predicted octanol–water partition coefficient (Wildman–Crippen LogP) is 2.14. The van der Waals surface area contributed by atoms with Crippen LogP contribution < -0.4 is 0 Å². The first kappa shape index (κ1) is 13.0. The molecule has 0 aromatic carbocycles. The highest BCUT2D eigenvalue weighted by molar-refractivity contribution is 7.10. The molecule has 1 fully saturated rings. The van der Waals surface area contributed by atoms with Gasteiger partial charge in [-0.1, -0.05) is 6.07 Å². The van der Waals surface area contributed by atoms with E-state index in [-0.39, 0.29) is 12.0 Å². The second-order valence-electron chi connectivity index (χ2n) is 5.07. The summed E-state index contributed by atoms with van der Waals surface area (Å²) in [6.07, 6.45) is 0.963. The highest BCUT2D eigenvalue weighted by atomic mass is 32.1. The molecule has 2 atom stereocenters. The molecule has 3 nitrogen and oxygen atoms in total. The van der Waals surface area contributed by atoms with E-state index >= 15 is 0 Å². The van der Waals surface area contributed by atoms with Gasteiger partial charge in [-0.2, -0.15) is 0 Å². The largest absolute Gasteiger partial charge is 0.396 e. The molecule has 1 N–H and O–H groups in total. The number of aliphatic hydroxyl groups excluding tert-OH is 1. The normalized spacial score (nSPS) is 26.6. The summed E-state index contributed by atoms with van der Waals surface area (Å²) < 4.78 is 5.44. The first-order valence-electron chi connectivity index (χ1n) is 6.09. The standard InChI is InChI=1S/C13H21NO2S/c1-11(12-4-3-7-17-12)14(2)8-13(9-15)5-6-16-10-13/h3-4,7,11,15H,5-6,8-10H2,1-2H3. The van der Waals surface area contributed by atoms with Crippen LogP contribution in [-0.2, 0) is 4.74 Å². The summed E-state index contributed by atoms with van der Waals surface area (Å²) in [5.41, 5.74) is -0.0553. The maximum absolute atomic E-state index is 9.57. The lowest BCUT2D eigenvalue weighted by Crippen LogP contribution is -2.39. The Morgan fingerprint density at radius 2 is 2.47 bits per heavy atom. The highest BCUT2D eigenvalue weighted by Gasteiger charge is 2.36. The van der Waals surface area contributed by atoms with Crippen LogP contribution in [0.1, 0.15) is 24.3 Å². The summed E-state index contributed by atoms with van der Waals surface area (Å²) in [6, 6.07) is 4.66. The van der Waals surface area contributed by atoms with Crippen molar-refractivity contribution >= 4 is 11.3 Å². The summed E-state index contributed by atoms with van der Waals surface area (Å²) in [5, 5.41) is 11.7. The van der Waals surface area contributed by atoms with E-state index in [4.69, 9.17) is 4.74 Å². The van der Waals surface area contributed by atoms with Crippen molar-refractivity contribution in [2.24, 2.45) is 5.41 Å². The fourth-order valence-electron chi connectivity index (χ4n) is 2.36. The van der Waals surface area contributed by atoms with Gasteiger partial charge in [-0.25, -0.2) is 0 Å². The molecule has 2 unspecified atom stereocenters. The monoisotopic (exact) mass is 255 g/mol. The maximum atomic E-state index is 9.57. The maximum Gasteiger partial charge on any atom is 0.0557 e. The molecular formula is C13H21NO2S. The molecule has 0 bridgehead atoms. The Bertz CT molecular complexity index is 333. The quantitative estimate of drug-likeness (QED) is 0.875. The highest BCUT2D eigenvalue weighted by Crippen LogP contribution is 2.32. The zero-order chi connectivity index (χ0) is 12.3. The van der Waals surface area contributed by atoms with E-state index in [1.54, 1.807) is 11.3 Å². The Morgan fingerprint density at radius 1 is 1.65 bits per heavy atom. The Kier molecular flexibility index (Phi) is 4.20. The third-order valence-electron chi connectivity index (χ3n) is 3.72. The lowest BCUT2D eigenvalue weighted by molar-refractivity contribution is 0.0543. The third kappa shape index (κ3) is 2.88. The molecule has 17 heavy (non-hydrogen) atoms. The molecule has 2 heterocycles. The predicted molar refractivity (Wildman–Crippen MR) is 70.3 cm³/mol. The summed E-state index contributed by atoms with van der Waals surface area (Å²) in [7, 11) is 2.13. The van der Waals surface area contributed by atoms with E-state index in [0.717, 1.165) is 19.6 Å². The number of aliphatic hydroxyl groups is 1. The van der Waals surface area contributed by atoms with Crippen LogP contribution in [0.3, 0.4) is 0 Å². The number of ether oxygens (including phenoxy) is 1. The number of hydrogen-bond acceptors (Lipinski definition) is 4. The summed E-state index contributed by atoms with van der Waals surface area (Å²) in [6.45, 7) is 4.79. The summed E-state index contributed by atoms with van der Waals surface area (Å²) in [4.78, 5) is 3.69. The van der Waals surface area contributed by atoms with E-state index in [1.807, 2.05) is 0 Å². The molecule has 0 radical (unpaired) electrons. The number of rotatable bonds is 5. The van der Waals surface area contributed by atoms with Crippen LogP contribution in [0.5, 0.6) is 0 Å². The van der Waals surface area contributed by atoms with Crippen molar-refractivity contribution in [1.29, 1.82) is 0 Å². The molecule has 0 amide bonds. The molecule has 0 aliphatic carbocycles. The van der Waals surface area contributed by atoms with Gasteiger partial charge in [0, 0.05) is 29.5 Å². The number of hydrogen-bond donors (Lipinski definition) is 1. The molecule has 96 valence electrons. The summed E-state index contributed by atoms with van der Waals surface area (Å²) >= 11 is 1.79. The van der Waals surface area contributed by atoms with E-state index in [1.165, 1.54) is 4.88 Å². The molecule has 1 aliphatic rings. The van der Waals surface area contributed by atoms with Crippen molar-refractivity contribution in [2.75, 3.05) is 33.4 Å². The minimum Gasteiger partial charge on any atom is -0.396 e. The van der Waals surface area contributed by atoms with E-state index in [2.05, 4.69) is 36.4 Å². The van der Waals surface area contributed by atoms with Crippen molar-refractivity contribution in [3.05, 3.63) is 22.4 Å². The molecule has 4 heteroatoms. The van der Waals surface area contributed by atoms with Gasteiger partial charge in [0.05, 0.1) is 13.2 Å². The second-order valence-corrected chi connectivity index (χ2v) is 6.05. The average molecular weight is 255 g/mol. The second kappa shape index (κ2) is 5.48. The fraction of sp³-hybridized carbons (Fsp3) is 0.692. The molecule has 2 rings (SSSR count). The van der Waals surface area contributed by atoms with Crippen LogP contribution in [0.25, 0.3) is 0 Å². The molecule has 1 saturated heterocycles. The van der Waals surface area contributed by atoms with Crippen LogP contribution in [0.2, 0.25) is 0 Å². The zero-order valence-electron chi connectivity index (χ0n) is 10.6. The van der Waals surface area contributed by atoms with Gasteiger partial charge in [0.25, 0.3) is 0 Å². The summed E-state index contributed by atoms with van der Waals surface area (Å²) in [5.74, 6) is 0. The molecule has 1 aliphatic heterocycles.